The molecule has 7 heteroatoms. The highest BCUT2D eigenvalue weighted by molar-refractivity contribution is 6.10. The van der Waals surface area contributed by atoms with Crippen molar-refractivity contribution in [3.8, 4) is 0 Å². The van der Waals surface area contributed by atoms with E-state index in [4.69, 9.17) is 4.52 Å². The van der Waals surface area contributed by atoms with E-state index in [0.29, 0.717) is 27.9 Å². The smallest absolute Gasteiger partial charge is 0.257 e. The molecule has 26 heavy (non-hydrogen) atoms. The predicted octanol–water partition coefficient (Wildman–Crippen LogP) is 3.27. The number of fused-ring (bicyclic) bond motifs is 1. The second kappa shape index (κ2) is 6.95. The maximum atomic E-state index is 12.7. The van der Waals surface area contributed by atoms with Crippen LogP contribution in [-0.4, -0.2) is 29.0 Å². The number of rotatable bonds is 4. The number of hydrogen-bond acceptors (Lipinski definition) is 5. The van der Waals surface area contributed by atoms with Crippen LogP contribution < -0.4 is 10.6 Å². The average molecular weight is 352 g/mol. The average Bonchev–Trinajstić information content (AvgIpc) is 3.04. The van der Waals surface area contributed by atoms with Crippen LogP contribution >= 0.6 is 0 Å². The Morgan fingerprint density at radius 3 is 2.65 bits per heavy atom. The maximum absolute atomic E-state index is 12.7. The lowest BCUT2D eigenvalue weighted by atomic mass is 10.0. The molecule has 3 aromatic rings. The van der Waals surface area contributed by atoms with E-state index in [-0.39, 0.29) is 17.7 Å². The van der Waals surface area contributed by atoms with Gasteiger partial charge in [0.1, 0.15) is 0 Å². The van der Waals surface area contributed by atoms with Gasteiger partial charge in [-0.3, -0.25) is 9.59 Å². The van der Waals surface area contributed by atoms with E-state index in [1.54, 1.807) is 25.2 Å². The number of amides is 2. The summed E-state index contributed by atoms with van der Waals surface area (Å²) in [7, 11) is 1.55. The zero-order chi connectivity index (χ0) is 18.8. The van der Waals surface area contributed by atoms with Crippen molar-refractivity contribution < 1.29 is 14.1 Å². The van der Waals surface area contributed by atoms with Crippen LogP contribution in [0.5, 0.6) is 0 Å². The number of aryl methyl sites for hydroxylation is 1. The van der Waals surface area contributed by atoms with E-state index in [1.807, 2.05) is 26.8 Å². The second-order valence-corrected chi connectivity index (χ2v) is 6.33. The Hall–Kier alpha value is -3.22. The molecule has 7 nitrogen and oxygen atoms in total. The largest absolute Gasteiger partial charge is 0.355 e. The lowest BCUT2D eigenvalue weighted by Crippen LogP contribution is -2.22. The Kier molecular flexibility index (Phi) is 4.71. The van der Waals surface area contributed by atoms with Crippen molar-refractivity contribution in [3.05, 3.63) is 52.8 Å². The molecule has 2 N–H and O–H groups in total. The minimum atomic E-state index is -0.356. The summed E-state index contributed by atoms with van der Waals surface area (Å²) in [6.45, 7) is 5.80. The fraction of sp³-hybridized carbons (Fsp3) is 0.263. The molecule has 0 saturated heterocycles. The summed E-state index contributed by atoms with van der Waals surface area (Å²) in [5, 5.41) is 10.1. The van der Waals surface area contributed by atoms with E-state index in [0.717, 1.165) is 11.3 Å². The van der Waals surface area contributed by atoms with Gasteiger partial charge in [-0.1, -0.05) is 31.1 Å². The molecule has 0 atom stereocenters. The number of benzene rings is 1. The quantitative estimate of drug-likeness (QED) is 0.751. The van der Waals surface area contributed by atoms with Crippen molar-refractivity contribution in [2.75, 3.05) is 12.4 Å². The van der Waals surface area contributed by atoms with E-state index in [1.165, 1.54) is 6.20 Å². The molecular formula is C19H20N4O3. The fourth-order valence-electron chi connectivity index (χ4n) is 2.78. The van der Waals surface area contributed by atoms with Crippen LogP contribution in [0.25, 0.3) is 11.1 Å². The van der Waals surface area contributed by atoms with Crippen LogP contribution in [0.3, 0.4) is 0 Å². The fourth-order valence-corrected chi connectivity index (χ4v) is 2.78. The molecule has 2 heterocycles. The van der Waals surface area contributed by atoms with Gasteiger partial charge in [-0.05, 0) is 30.5 Å². The van der Waals surface area contributed by atoms with Crippen LogP contribution in [0.2, 0.25) is 0 Å². The summed E-state index contributed by atoms with van der Waals surface area (Å²) in [6.07, 6.45) is 1.43. The predicted molar refractivity (Wildman–Crippen MR) is 98.4 cm³/mol. The van der Waals surface area contributed by atoms with Crippen LogP contribution in [-0.2, 0) is 0 Å². The van der Waals surface area contributed by atoms with Gasteiger partial charge in [0.15, 0.2) is 0 Å². The van der Waals surface area contributed by atoms with Gasteiger partial charge in [0.25, 0.3) is 17.5 Å². The molecule has 0 aliphatic heterocycles. The molecule has 134 valence electrons. The highest BCUT2D eigenvalue weighted by Gasteiger charge is 2.18. The zero-order valence-corrected chi connectivity index (χ0v) is 15.1. The number of carbonyl (C=O) groups excluding carboxylic acids is 2. The summed E-state index contributed by atoms with van der Waals surface area (Å²) >= 11 is 0. The van der Waals surface area contributed by atoms with Gasteiger partial charge in [0.2, 0.25) is 0 Å². The lowest BCUT2D eigenvalue weighted by molar-refractivity contribution is 0.0963. The number of anilines is 1. The SMILES string of the molecule is CNC(=O)c1c(C)cccc1NC(=O)c1cnc2onc(C(C)C)c2c1. The first-order valence-corrected chi connectivity index (χ1v) is 8.30. The Morgan fingerprint density at radius 2 is 1.96 bits per heavy atom. The molecular weight excluding hydrogens is 332 g/mol. The Morgan fingerprint density at radius 1 is 1.19 bits per heavy atom. The summed E-state index contributed by atoms with van der Waals surface area (Å²) in [5.41, 5.74) is 3.17. The molecule has 0 saturated carbocycles. The number of hydrogen-bond donors (Lipinski definition) is 2. The monoisotopic (exact) mass is 352 g/mol. The van der Waals surface area contributed by atoms with Crippen LogP contribution in [0.4, 0.5) is 5.69 Å². The van der Waals surface area contributed by atoms with Crippen molar-refractivity contribution >= 4 is 28.6 Å². The Balaban J connectivity index is 1.96. The molecule has 1 aromatic carbocycles. The highest BCUT2D eigenvalue weighted by atomic mass is 16.5. The standard InChI is InChI=1S/C19H20N4O3/c1-10(2)16-13-8-12(9-21-19(13)26-23-16)17(24)22-14-7-5-6-11(3)15(14)18(25)20-4/h5-10H,1-4H3,(H,20,25)(H,22,24). The van der Waals surface area contributed by atoms with E-state index in [2.05, 4.69) is 20.8 Å². The zero-order valence-electron chi connectivity index (χ0n) is 15.1. The molecule has 0 aliphatic rings. The maximum Gasteiger partial charge on any atom is 0.257 e. The first-order chi connectivity index (χ1) is 12.4. The van der Waals surface area contributed by atoms with Crippen molar-refractivity contribution in [3.63, 3.8) is 0 Å². The highest BCUT2D eigenvalue weighted by Crippen LogP contribution is 2.25. The third-order valence-electron chi connectivity index (χ3n) is 4.14. The molecule has 0 aliphatic carbocycles. The van der Waals surface area contributed by atoms with Crippen LogP contribution in [0, 0.1) is 6.92 Å². The lowest BCUT2D eigenvalue weighted by Gasteiger charge is -2.12. The molecule has 0 fully saturated rings. The van der Waals surface area contributed by atoms with Crippen LogP contribution in [0.1, 0.15) is 51.7 Å². The van der Waals surface area contributed by atoms with Crippen LogP contribution in [0.15, 0.2) is 35.0 Å². The molecule has 3 rings (SSSR count). The Labute approximate surface area is 150 Å². The number of nitrogens with one attached hydrogen (secondary N) is 2. The van der Waals surface area contributed by atoms with Gasteiger partial charge in [-0.15, -0.1) is 0 Å². The normalized spacial score (nSPS) is 11.0. The van der Waals surface area contributed by atoms with Gasteiger partial charge in [-0.25, -0.2) is 4.98 Å². The third-order valence-corrected chi connectivity index (χ3v) is 4.14. The Bertz CT molecular complexity index is 992. The topological polar surface area (TPSA) is 97.1 Å². The molecule has 0 unspecified atom stereocenters. The van der Waals surface area contributed by atoms with E-state index in [9.17, 15) is 9.59 Å². The molecule has 0 spiro atoms. The van der Waals surface area contributed by atoms with Gasteiger partial charge in [0.05, 0.1) is 27.9 Å². The van der Waals surface area contributed by atoms with Gasteiger partial charge in [-0.2, -0.15) is 0 Å². The summed E-state index contributed by atoms with van der Waals surface area (Å²) in [5.74, 6) is -0.466. The number of nitrogens with zero attached hydrogens (tertiary/aromatic N) is 2. The van der Waals surface area contributed by atoms with Crippen molar-refractivity contribution in [2.45, 2.75) is 26.7 Å². The third kappa shape index (κ3) is 3.15. The van der Waals surface area contributed by atoms with Crippen molar-refractivity contribution in [2.24, 2.45) is 0 Å². The summed E-state index contributed by atoms with van der Waals surface area (Å²) < 4.78 is 5.20. The minimum absolute atomic E-state index is 0.146. The first kappa shape index (κ1) is 17.6. The van der Waals surface area contributed by atoms with E-state index < -0.39 is 0 Å². The van der Waals surface area contributed by atoms with Gasteiger partial charge in [0, 0.05) is 13.2 Å². The first-order valence-electron chi connectivity index (χ1n) is 8.30. The van der Waals surface area contributed by atoms with Crippen molar-refractivity contribution in [1.82, 2.24) is 15.5 Å². The summed E-state index contributed by atoms with van der Waals surface area (Å²) in [4.78, 5) is 29.0. The van der Waals surface area contributed by atoms with E-state index >= 15 is 0 Å². The van der Waals surface area contributed by atoms with Crippen molar-refractivity contribution in [1.29, 1.82) is 0 Å². The van der Waals surface area contributed by atoms with Gasteiger partial charge >= 0.3 is 0 Å². The molecule has 2 amide bonds. The second-order valence-electron chi connectivity index (χ2n) is 6.33. The molecule has 0 radical (unpaired) electrons. The molecule has 0 bridgehead atoms. The molecule has 2 aromatic heterocycles. The number of pyridine rings is 1. The number of aromatic nitrogens is 2. The number of carbonyl (C=O) groups is 2. The van der Waals surface area contributed by atoms with Gasteiger partial charge < -0.3 is 15.2 Å². The summed E-state index contributed by atoms with van der Waals surface area (Å²) in [6, 6.07) is 7.01. The minimum Gasteiger partial charge on any atom is -0.355 e.